The number of carbonyl (C=O) groups is 1. The lowest BCUT2D eigenvalue weighted by Gasteiger charge is -1.98. The monoisotopic (exact) mass is 210 g/mol. The van der Waals surface area contributed by atoms with E-state index in [1.807, 2.05) is 13.8 Å². The second kappa shape index (κ2) is 6.53. The van der Waals surface area contributed by atoms with Gasteiger partial charge in [0.15, 0.2) is 0 Å². The van der Waals surface area contributed by atoms with Crippen LogP contribution in [0.1, 0.15) is 19.4 Å². The number of nitro benzene ring substituents is 1. The van der Waals surface area contributed by atoms with Crippen molar-refractivity contribution >= 4 is 11.6 Å². The van der Waals surface area contributed by atoms with E-state index in [9.17, 15) is 14.9 Å². The first-order valence-electron chi connectivity index (χ1n) is 4.62. The fourth-order valence-electron chi connectivity index (χ4n) is 1.03. The molecule has 0 unspecified atom stereocenters. The van der Waals surface area contributed by atoms with Crippen LogP contribution in [0.3, 0.4) is 0 Å². The molecular weight excluding hydrogens is 196 g/mol. The summed E-state index contributed by atoms with van der Waals surface area (Å²) in [5, 5.41) is 10.5. The standard InChI is InChI=1S/C8H8N2O3.C2H6/c9-8(11)5-6-3-1-2-4-7(6)10(12)13;1-2/h1-4H,5H2,(H2,9,11);1-2H3. The van der Waals surface area contributed by atoms with Crippen LogP contribution in [0.5, 0.6) is 0 Å². The van der Waals surface area contributed by atoms with Crippen molar-refractivity contribution in [2.45, 2.75) is 20.3 Å². The van der Waals surface area contributed by atoms with E-state index in [1.165, 1.54) is 12.1 Å². The normalized spacial score (nSPS) is 8.67. The van der Waals surface area contributed by atoms with Crippen molar-refractivity contribution in [2.24, 2.45) is 5.73 Å². The van der Waals surface area contributed by atoms with Gasteiger partial charge in [0.25, 0.3) is 5.69 Å². The summed E-state index contributed by atoms with van der Waals surface area (Å²) < 4.78 is 0. The first-order valence-corrected chi connectivity index (χ1v) is 4.62. The van der Waals surface area contributed by atoms with Gasteiger partial charge in [0.2, 0.25) is 5.91 Å². The van der Waals surface area contributed by atoms with Gasteiger partial charge >= 0.3 is 0 Å². The lowest BCUT2D eigenvalue weighted by Crippen LogP contribution is -2.14. The van der Waals surface area contributed by atoms with Crippen molar-refractivity contribution in [3.8, 4) is 0 Å². The average Bonchev–Trinajstić information content (AvgIpc) is 2.20. The molecule has 0 aliphatic heterocycles. The van der Waals surface area contributed by atoms with E-state index in [4.69, 9.17) is 5.73 Å². The lowest BCUT2D eigenvalue weighted by molar-refractivity contribution is -0.385. The summed E-state index contributed by atoms with van der Waals surface area (Å²) in [5.41, 5.74) is 5.21. The maximum Gasteiger partial charge on any atom is 0.273 e. The molecule has 0 fully saturated rings. The molecule has 0 atom stereocenters. The molecule has 0 heterocycles. The van der Waals surface area contributed by atoms with Crippen LogP contribution < -0.4 is 5.73 Å². The molecule has 0 radical (unpaired) electrons. The van der Waals surface area contributed by atoms with E-state index in [-0.39, 0.29) is 12.1 Å². The van der Waals surface area contributed by atoms with Gasteiger partial charge in [-0.2, -0.15) is 0 Å². The second-order valence-electron chi connectivity index (χ2n) is 2.53. The van der Waals surface area contributed by atoms with Gasteiger partial charge in [-0.3, -0.25) is 14.9 Å². The highest BCUT2D eigenvalue weighted by atomic mass is 16.6. The number of hydrogen-bond acceptors (Lipinski definition) is 3. The van der Waals surface area contributed by atoms with Gasteiger partial charge in [-0.1, -0.05) is 32.0 Å². The number of benzene rings is 1. The Hall–Kier alpha value is -1.91. The third-order valence-corrected chi connectivity index (χ3v) is 1.55. The van der Waals surface area contributed by atoms with Gasteiger partial charge in [0.05, 0.1) is 11.3 Å². The van der Waals surface area contributed by atoms with Crippen LogP contribution in [0.2, 0.25) is 0 Å². The van der Waals surface area contributed by atoms with Crippen LogP contribution in [0.25, 0.3) is 0 Å². The zero-order chi connectivity index (χ0) is 11.8. The summed E-state index contributed by atoms with van der Waals surface area (Å²) in [6.07, 6.45) is -0.100. The highest BCUT2D eigenvalue weighted by Crippen LogP contribution is 2.17. The highest BCUT2D eigenvalue weighted by molar-refractivity contribution is 5.77. The molecule has 1 aromatic rings. The summed E-state index contributed by atoms with van der Waals surface area (Å²) in [6, 6.07) is 6.04. The summed E-state index contributed by atoms with van der Waals surface area (Å²) in [5.74, 6) is -0.575. The zero-order valence-corrected chi connectivity index (χ0v) is 8.77. The van der Waals surface area contributed by atoms with Crippen LogP contribution in [0, 0.1) is 10.1 Å². The number of rotatable bonds is 3. The molecule has 0 saturated heterocycles. The Morgan fingerprint density at radius 3 is 2.40 bits per heavy atom. The molecule has 0 spiro atoms. The van der Waals surface area contributed by atoms with Gasteiger partial charge < -0.3 is 5.73 Å². The Labute approximate surface area is 88.1 Å². The number of amides is 1. The SMILES string of the molecule is CC.NC(=O)Cc1ccccc1[N+](=O)[O-]. The Kier molecular flexibility index (Phi) is 5.70. The molecule has 1 aromatic carbocycles. The number of nitrogens with zero attached hydrogens (tertiary/aromatic N) is 1. The molecule has 0 aliphatic rings. The van der Waals surface area contributed by atoms with E-state index in [1.54, 1.807) is 12.1 Å². The van der Waals surface area contributed by atoms with Crippen molar-refractivity contribution in [1.29, 1.82) is 0 Å². The highest BCUT2D eigenvalue weighted by Gasteiger charge is 2.13. The molecule has 1 rings (SSSR count). The van der Waals surface area contributed by atoms with Gasteiger partial charge in [-0.15, -0.1) is 0 Å². The summed E-state index contributed by atoms with van der Waals surface area (Å²) in [6.45, 7) is 4.00. The van der Waals surface area contributed by atoms with Crippen molar-refractivity contribution in [3.05, 3.63) is 39.9 Å². The first-order chi connectivity index (χ1) is 7.11. The molecule has 0 aromatic heterocycles. The number of nitro groups is 1. The summed E-state index contributed by atoms with van der Waals surface area (Å²) >= 11 is 0. The van der Waals surface area contributed by atoms with Gasteiger partial charge in [-0.05, 0) is 0 Å². The lowest BCUT2D eigenvalue weighted by atomic mass is 10.1. The van der Waals surface area contributed by atoms with Crippen molar-refractivity contribution < 1.29 is 9.72 Å². The topological polar surface area (TPSA) is 86.2 Å². The largest absolute Gasteiger partial charge is 0.369 e. The predicted molar refractivity (Wildman–Crippen MR) is 57.3 cm³/mol. The van der Waals surface area contributed by atoms with E-state index < -0.39 is 10.8 Å². The molecule has 15 heavy (non-hydrogen) atoms. The van der Waals surface area contributed by atoms with Crippen LogP contribution in [-0.4, -0.2) is 10.8 Å². The van der Waals surface area contributed by atoms with Crippen LogP contribution in [-0.2, 0) is 11.2 Å². The Balaban J connectivity index is 0.000000921. The zero-order valence-electron chi connectivity index (χ0n) is 8.77. The maximum atomic E-state index is 10.5. The minimum Gasteiger partial charge on any atom is -0.369 e. The van der Waals surface area contributed by atoms with Gasteiger partial charge in [-0.25, -0.2) is 0 Å². The molecule has 5 heteroatoms. The molecule has 5 nitrogen and oxygen atoms in total. The Bertz CT molecular complexity index is 350. The quantitative estimate of drug-likeness (QED) is 0.607. The van der Waals surface area contributed by atoms with Crippen LogP contribution >= 0.6 is 0 Å². The fourth-order valence-corrected chi connectivity index (χ4v) is 1.03. The van der Waals surface area contributed by atoms with E-state index in [0.29, 0.717) is 5.56 Å². The van der Waals surface area contributed by atoms with Crippen LogP contribution in [0.4, 0.5) is 5.69 Å². The minimum atomic E-state index is -0.575. The summed E-state index contributed by atoms with van der Waals surface area (Å²) in [7, 11) is 0. The smallest absolute Gasteiger partial charge is 0.273 e. The molecule has 1 amide bonds. The fraction of sp³-hybridized carbons (Fsp3) is 0.300. The van der Waals surface area contributed by atoms with E-state index in [2.05, 4.69) is 0 Å². The Morgan fingerprint density at radius 1 is 1.40 bits per heavy atom. The second-order valence-corrected chi connectivity index (χ2v) is 2.53. The number of para-hydroxylation sites is 1. The minimum absolute atomic E-state index is 0.0682. The van der Waals surface area contributed by atoms with Gasteiger partial charge in [0, 0.05) is 11.6 Å². The van der Waals surface area contributed by atoms with Crippen molar-refractivity contribution in [3.63, 3.8) is 0 Å². The van der Waals surface area contributed by atoms with Gasteiger partial charge in [0.1, 0.15) is 0 Å². The number of hydrogen-bond donors (Lipinski definition) is 1. The maximum absolute atomic E-state index is 10.5. The molecule has 0 aliphatic carbocycles. The third kappa shape index (κ3) is 4.21. The van der Waals surface area contributed by atoms with E-state index >= 15 is 0 Å². The molecule has 0 saturated carbocycles. The van der Waals surface area contributed by atoms with Crippen molar-refractivity contribution in [1.82, 2.24) is 0 Å². The molecular formula is C10H14N2O3. The van der Waals surface area contributed by atoms with Crippen molar-refractivity contribution in [2.75, 3.05) is 0 Å². The number of primary amides is 1. The number of carbonyl (C=O) groups excluding carboxylic acids is 1. The Morgan fingerprint density at radius 2 is 1.93 bits per heavy atom. The van der Waals surface area contributed by atoms with Crippen LogP contribution in [0.15, 0.2) is 24.3 Å². The first kappa shape index (κ1) is 13.1. The molecule has 0 bridgehead atoms. The average molecular weight is 210 g/mol. The summed E-state index contributed by atoms with van der Waals surface area (Å²) in [4.78, 5) is 20.5. The molecule has 2 N–H and O–H groups in total. The molecule has 82 valence electrons. The third-order valence-electron chi connectivity index (χ3n) is 1.55. The van der Waals surface area contributed by atoms with E-state index in [0.717, 1.165) is 0 Å². The number of nitrogens with two attached hydrogens (primary N) is 1. The predicted octanol–water partition coefficient (Wildman–Crippen LogP) is 1.65.